The van der Waals surface area contributed by atoms with Crippen LogP contribution in [0.1, 0.15) is 5.56 Å². The topological polar surface area (TPSA) is 60.5 Å². The van der Waals surface area contributed by atoms with E-state index in [1.165, 1.54) is 7.11 Å². The molecule has 6 heteroatoms. The van der Waals surface area contributed by atoms with Gasteiger partial charge < -0.3 is 14.8 Å². The summed E-state index contributed by atoms with van der Waals surface area (Å²) in [5, 5.41) is 4.31. The van der Waals surface area contributed by atoms with Gasteiger partial charge >= 0.3 is 0 Å². The van der Waals surface area contributed by atoms with Gasteiger partial charge in [-0.1, -0.05) is 29.8 Å². The number of fused-ring (bicyclic) bond motifs is 1. The van der Waals surface area contributed by atoms with E-state index in [9.17, 15) is 4.79 Å². The molecule has 0 fully saturated rings. The van der Waals surface area contributed by atoms with Gasteiger partial charge in [-0.25, -0.2) is 0 Å². The van der Waals surface area contributed by atoms with Crippen LogP contribution in [0, 0.1) is 6.92 Å². The molecule has 5 nitrogen and oxygen atoms in total. The molecule has 1 aromatic heterocycles. The minimum atomic E-state index is -0.298. The lowest BCUT2D eigenvalue weighted by atomic mass is 10.2. The molecule has 0 saturated heterocycles. The first-order valence-electron chi connectivity index (χ1n) is 7.69. The summed E-state index contributed by atoms with van der Waals surface area (Å²) in [5.41, 5.74) is 2.11. The first-order valence-corrected chi connectivity index (χ1v) is 8.07. The van der Waals surface area contributed by atoms with Crippen LogP contribution < -0.4 is 14.8 Å². The number of hydrogen-bond donors (Lipinski definition) is 1. The molecule has 0 aliphatic rings. The second-order valence-electron chi connectivity index (χ2n) is 5.47. The van der Waals surface area contributed by atoms with Gasteiger partial charge in [0.05, 0.1) is 12.8 Å². The zero-order valence-corrected chi connectivity index (χ0v) is 14.6. The number of nitrogens with zero attached hydrogens (tertiary/aromatic N) is 1. The Morgan fingerprint density at radius 2 is 2.00 bits per heavy atom. The van der Waals surface area contributed by atoms with Gasteiger partial charge in [0.15, 0.2) is 6.61 Å². The molecule has 0 spiro atoms. The maximum Gasteiger partial charge on any atom is 0.262 e. The molecule has 1 N–H and O–H groups in total. The molecule has 0 aliphatic heterocycles. The van der Waals surface area contributed by atoms with E-state index >= 15 is 0 Å². The summed E-state index contributed by atoms with van der Waals surface area (Å²) >= 11 is 6.07. The number of benzene rings is 2. The van der Waals surface area contributed by atoms with Crippen LogP contribution in [-0.2, 0) is 4.79 Å². The van der Waals surface area contributed by atoms with E-state index in [4.69, 9.17) is 21.1 Å². The van der Waals surface area contributed by atoms with Gasteiger partial charge in [0, 0.05) is 22.7 Å². The lowest BCUT2D eigenvalue weighted by Gasteiger charge is -2.13. The Morgan fingerprint density at radius 3 is 2.80 bits per heavy atom. The number of hydrogen-bond acceptors (Lipinski definition) is 4. The van der Waals surface area contributed by atoms with Crippen LogP contribution in [0.2, 0.25) is 5.02 Å². The monoisotopic (exact) mass is 356 g/mol. The average molecular weight is 357 g/mol. The summed E-state index contributed by atoms with van der Waals surface area (Å²) in [6.07, 6.45) is 1.69. The molecule has 0 aliphatic carbocycles. The molecule has 0 unspecified atom stereocenters. The standard InChI is InChI=1S/C19H17ClN2O3/c1-12-9-15(17(24-2)10-14(12)20)22-18(23)11-25-16-7-3-5-13-6-4-8-21-19(13)16/h3-10H,11H2,1-2H3,(H,22,23). The Balaban J connectivity index is 1.72. The highest BCUT2D eigenvalue weighted by Crippen LogP contribution is 2.31. The van der Waals surface area contributed by atoms with Gasteiger partial charge in [0.1, 0.15) is 17.0 Å². The van der Waals surface area contributed by atoms with Crippen molar-refractivity contribution in [2.75, 3.05) is 19.0 Å². The predicted molar refractivity (Wildman–Crippen MR) is 98.6 cm³/mol. The largest absolute Gasteiger partial charge is 0.495 e. The van der Waals surface area contributed by atoms with Crippen molar-refractivity contribution in [2.24, 2.45) is 0 Å². The van der Waals surface area contributed by atoms with Crippen LogP contribution in [0.3, 0.4) is 0 Å². The summed E-state index contributed by atoms with van der Waals surface area (Å²) in [6.45, 7) is 1.72. The minimum Gasteiger partial charge on any atom is -0.495 e. The number of nitrogens with one attached hydrogen (secondary N) is 1. The number of amides is 1. The van der Waals surface area contributed by atoms with Gasteiger partial charge in [-0.15, -0.1) is 0 Å². The van der Waals surface area contributed by atoms with E-state index in [0.29, 0.717) is 22.2 Å². The zero-order chi connectivity index (χ0) is 17.8. The van der Waals surface area contributed by atoms with Crippen LogP contribution >= 0.6 is 11.6 Å². The minimum absolute atomic E-state index is 0.138. The molecule has 1 heterocycles. The number of carbonyl (C=O) groups is 1. The first-order chi connectivity index (χ1) is 12.1. The molecule has 3 aromatic rings. The highest BCUT2D eigenvalue weighted by molar-refractivity contribution is 6.31. The van der Waals surface area contributed by atoms with Gasteiger partial charge in [0.2, 0.25) is 0 Å². The maximum atomic E-state index is 12.2. The van der Waals surface area contributed by atoms with Gasteiger partial charge in [-0.3, -0.25) is 9.78 Å². The molecular formula is C19H17ClN2O3. The Kier molecular flexibility index (Phi) is 5.05. The molecule has 0 bridgehead atoms. The van der Waals surface area contributed by atoms with Crippen LogP contribution in [0.15, 0.2) is 48.7 Å². The molecule has 128 valence electrons. The lowest BCUT2D eigenvalue weighted by Crippen LogP contribution is -2.20. The number of para-hydroxylation sites is 1. The second kappa shape index (κ2) is 7.40. The molecule has 0 atom stereocenters. The summed E-state index contributed by atoms with van der Waals surface area (Å²) in [7, 11) is 1.52. The maximum absolute atomic E-state index is 12.2. The highest BCUT2D eigenvalue weighted by atomic mass is 35.5. The Hall–Kier alpha value is -2.79. The van der Waals surface area contributed by atoms with Gasteiger partial charge in [-0.05, 0) is 30.7 Å². The Morgan fingerprint density at radius 1 is 1.20 bits per heavy atom. The number of anilines is 1. The van der Waals surface area contributed by atoms with Crippen molar-refractivity contribution in [1.29, 1.82) is 0 Å². The quantitative estimate of drug-likeness (QED) is 0.743. The van der Waals surface area contributed by atoms with Crippen molar-refractivity contribution in [3.8, 4) is 11.5 Å². The summed E-state index contributed by atoms with van der Waals surface area (Å²) in [4.78, 5) is 16.5. The number of carbonyl (C=O) groups excluding carboxylic acids is 1. The highest BCUT2D eigenvalue weighted by Gasteiger charge is 2.12. The number of pyridine rings is 1. The SMILES string of the molecule is COc1cc(Cl)c(C)cc1NC(=O)COc1cccc2cccnc12. The molecular weight excluding hydrogens is 340 g/mol. The van der Waals surface area contributed by atoms with Crippen molar-refractivity contribution in [1.82, 2.24) is 4.98 Å². The van der Waals surface area contributed by atoms with Crippen LogP contribution in [0.5, 0.6) is 11.5 Å². The molecule has 0 saturated carbocycles. The Bertz CT molecular complexity index is 922. The lowest BCUT2D eigenvalue weighted by molar-refractivity contribution is -0.118. The smallest absolute Gasteiger partial charge is 0.262 e. The number of methoxy groups -OCH3 is 1. The predicted octanol–water partition coefficient (Wildman–Crippen LogP) is 4.22. The molecule has 25 heavy (non-hydrogen) atoms. The van der Waals surface area contributed by atoms with E-state index in [-0.39, 0.29) is 12.5 Å². The first kappa shape index (κ1) is 17.0. The third-order valence-electron chi connectivity index (χ3n) is 3.71. The van der Waals surface area contributed by atoms with Crippen LogP contribution in [0.4, 0.5) is 5.69 Å². The van der Waals surface area contributed by atoms with E-state index < -0.39 is 0 Å². The number of aryl methyl sites for hydroxylation is 1. The average Bonchev–Trinajstić information content (AvgIpc) is 2.62. The normalized spacial score (nSPS) is 10.5. The molecule has 0 radical (unpaired) electrons. The Labute approximate surface area is 150 Å². The van der Waals surface area contributed by atoms with Crippen molar-refractivity contribution >= 4 is 34.1 Å². The van der Waals surface area contributed by atoms with E-state index in [1.54, 1.807) is 24.4 Å². The zero-order valence-electron chi connectivity index (χ0n) is 13.9. The van der Waals surface area contributed by atoms with Crippen LogP contribution in [0.25, 0.3) is 10.9 Å². The fourth-order valence-corrected chi connectivity index (χ4v) is 2.61. The number of aromatic nitrogens is 1. The fraction of sp³-hybridized carbons (Fsp3) is 0.158. The summed E-state index contributed by atoms with van der Waals surface area (Å²) in [5.74, 6) is 0.760. The number of ether oxygens (including phenoxy) is 2. The molecule has 2 aromatic carbocycles. The van der Waals surface area contributed by atoms with E-state index in [0.717, 1.165) is 16.5 Å². The second-order valence-corrected chi connectivity index (χ2v) is 5.88. The molecule has 1 amide bonds. The van der Waals surface area contributed by atoms with Crippen molar-refractivity contribution in [3.63, 3.8) is 0 Å². The van der Waals surface area contributed by atoms with Crippen molar-refractivity contribution in [2.45, 2.75) is 6.92 Å². The third-order valence-corrected chi connectivity index (χ3v) is 4.12. The number of rotatable bonds is 5. The third kappa shape index (κ3) is 3.83. The van der Waals surface area contributed by atoms with E-state index in [1.807, 2.05) is 31.2 Å². The van der Waals surface area contributed by atoms with E-state index in [2.05, 4.69) is 10.3 Å². The molecule has 3 rings (SSSR count). The fourth-order valence-electron chi connectivity index (χ4n) is 2.45. The number of halogens is 1. The van der Waals surface area contributed by atoms with Crippen molar-refractivity contribution in [3.05, 3.63) is 59.2 Å². The summed E-state index contributed by atoms with van der Waals surface area (Å²) < 4.78 is 10.9. The van der Waals surface area contributed by atoms with Crippen LogP contribution in [-0.4, -0.2) is 24.6 Å². The summed E-state index contributed by atoms with van der Waals surface area (Å²) in [6, 6.07) is 12.8. The van der Waals surface area contributed by atoms with Gasteiger partial charge in [0.25, 0.3) is 5.91 Å². The van der Waals surface area contributed by atoms with Crippen molar-refractivity contribution < 1.29 is 14.3 Å². The van der Waals surface area contributed by atoms with Gasteiger partial charge in [-0.2, -0.15) is 0 Å².